The molecule has 1 rings (SSSR count). The van der Waals surface area contributed by atoms with Gasteiger partial charge >= 0.3 is 5.97 Å². The van der Waals surface area contributed by atoms with Crippen molar-refractivity contribution in [2.75, 3.05) is 6.73 Å². The summed E-state index contributed by atoms with van der Waals surface area (Å²) in [6.07, 6.45) is 3.62. The Morgan fingerprint density at radius 1 is 1.71 bits per heavy atom. The van der Waals surface area contributed by atoms with E-state index in [1.165, 1.54) is 0 Å². The van der Waals surface area contributed by atoms with Crippen LogP contribution in [0.3, 0.4) is 0 Å². The van der Waals surface area contributed by atoms with E-state index in [0.29, 0.717) is 11.5 Å². The maximum Gasteiger partial charge on any atom is 0.309 e. The fourth-order valence-corrected chi connectivity index (χ4v) is 1.21. The van der Waals surface area contributed by atoms with E-state index in [1.54, 1.807) is 0 Å². The summed E-state index contributed by atoms with van der Waals surface area (Å²) in [5, 5.41) is 8.64. The molecule has 1 aliphatic rings. The Bertz CT molecular complexity index is 326. The summed E-state index contributed by atoms with van der Waals surface area (Å²) in [5.74, 6) is -0.163. The van der Waals surface area contributed by atoms with Gasteiger partial charge in [0.2, 0.25) is 0 Å². The second-order valence-electron chi connectivity index (χ2n) is 2.94. The number of hydrogen-bond donors (Lipinski definition) is 1. The molecule has 1 aliphatic heterocycles. The fraction of sp³-hybridized carbons (Fsp3) is 0.400. The largest absolute Gasteiger partial charge is 0.481 e. The summed E-state index contributed by atoms with van der Waals surface area (Å²) in [5.41, 5.74) is 1.40. The maximum atomic E-state index is 10.5. The van der Waals surface area contributed by atoms with Gasteiger partial charge in [-0.3, -0.25) is 4.79 Å². The Hall–Kier alpha value is -1.58. The quantitative estimate of drug-likeness (QED) is 0.746. The van der Waals surface area contributed by atoms with Crippen molar-refractivity contribution < 1.29 is 14.6 Å². The Balaban J connectivity index is 2.87. The smallest absolute Gasteiger partial charge is 0.309 e. The summed E-state index contributed by atoms with van der Waals surface area (Å²) < 4.78 is 5.25. The van der Waals surface area contributed by atoms with Crippen molar-refractivity contribution in [1.29, 1.82) is 0 Å². The Morgan fingerprint density at radius 2 is 2.43 bits per heavy atom. The normalized spacial score (nSPS) is 16.9. The summed E-state index contributed by atoms with van der Waals surface area (Å²) in [4.78, 5) is 14.5. The van der Waals surface area contributed by atoms with Gasteiger partial charge in [-0.1, -0.05) is 6.08 Å². The Kier molecular flexibility index (Phi) is 3.45. The van der Waals surface area contributed by atoms with E-state index in [-0.39, 0.29) is 13.2 Å². The van der Waals surface area contributed by atoms with Crippen molar-refractivity contribution in [3.63, 3.8) is 0 Å². The molecule has 0 amide bonds. The zero-order valence-corrected chi connectivity index (χ0v) is 8.28. The number of carboxylic acids is 1. The van der Waals surface area contributed by atoms with E-state index in [2.05, 4.69) is 4.99 Å². The zero-order chi connectivity index (χ0) is 10.6. The Labute approximate surface area is 82.6 Å². The lowest BCUT2D eigenvalue weighted by atomic mass is 10.1. The number of nitrogens with zero attached hydrogens (tertiary/aromatic N) is 1. The average molecular weight is 195 g/mol. The molecule has 0 spiro atoms. The van der Waals surface area contributed by atoms with E-state index in [0.717, 1.165) is 5.57 Å². The summed E-state index contributed by atoms with van der Waals surface area (Å²) in [6.45, 7) is 3.90. The number of ether oxygens (including phenoxy) is 1. The monoisotopic (exact) mass is 195 g/mol. The fourth-order valence-electron chi connectivity index (χ4n) is 1.21. The van der Waals surface area contributed by atoms with E-state index in [4.69, 9.17) is 9.84 Å². The lowest BCUT2D eigenvalue weighted by Crippen LogP contribution is -2.15. The van der Waals surface area contributed by atoms with Gasteiger partial charge < -0.3 is 9.84 Å². The van der Waals surface area contributed by atoms with Crippen LogP contribution in [-0.2, 0) is 9.53 Å². The van der Waals surface area contributed by atoms with Gasteiger partial charge in [-0.05, 0) is 19.9 Å². The zero-order valence-electron chi connectivity index (χ0n) is 8.28. The molecule has 0 radical (unpaired) electrons. The molecule has 14 heavy (non-hydrogen) atoms. The number of carbonyl (C=O) groups is 1. The van der Waals surface area contributed by atoms with Crippen LogP contribution in [0, 0.1) is 0 Å². The van der Waals surface area contributed by atoms with Gasteiger partial charge in [0.25, 0.3) is 0 Å². The van der Waals surface area contributed by atoms with Crippen LogP contribution in [-0.4, -0.2) is 23.5 Å². The molecule has 0 unspecified atom stereocenters. The molecular weight excluding hydrogens is 182 g/mol. The molecule has 0 aliphatic carbocycles. The van der Waals surface area contributed by atoms with Crippen LogP contribution in [0.5, 0.6) is 0 Å². The third kappa shape index (κ3) is 2.45. The first kappa shape index (κ1) is 10.5. The van der Waals surface area contributed by atoms with Gasteiger partial charge in [-0.15, -0.1) is 0 Å². The minimum atomic E-state index is -0.871. The first-order valence-corrected chi connectivity index (χ1v) is 4.37. The van der Waals surface area contributed by atoms with Gasteiger partial charge in [-0.2, -0.15) is 0 Å². The lowest BCUT2D eigenvalue weighted by molar-refractivity contribution is -0.135. The number of aliphatic imine (C=N–C) groups is 1. The molecule has 4 nitrogen and oxygen atoms in total. The van der Waals surface area contributed by atoms with Crippen molar-refractivity contribution >= 4 is 11.7 Å². The predicted octanol–water partition coefficient (Wildman–Crippen LogP) is 1.74. The SMILES string of the molecule is C/C=C\C1=C(C)C(CC(=O)O)=NCO1. The van der Waals surface area contributed by atoms with Gasteiger partial charge in [0.05, 0.1) is 12.1 Å². The summed E-state index contributed by atoms with van der Waals surface area (Å²) >= 11 is 0. The molecule has 1 heterocycles. The highest BCUT2D eigenvalue weighted by Crippen LogP contribution is 2.16. The molecule has 1 N–H and O–H groups in total. The molecule has 4 heteroatoms. The van der Waals surface area contributed by atoms with Crippen LogP contribution < -0.4 is 0 Å². The van der Waals surface area contributed by atoms with Crippen LogP contribution >= 0.6 is 0 Å². The second-order valence-corrected chi connectivity index (χ2v) is 2.94. The van der Waals surface area contributed by atoms with E-state index < -0.39 is 5.97 Å². The molecule has 0 saturated carbocycles. The number of hydrogen-bond acceptors (Lipinski definition) is 3. The van der Waals surface area contributed by atoms with Crippen molar-refractivity contribution in [2.45, 2.75) is 20.3 Å². The lowest BCUT2D eigenvalue weighted by Gasteiger charge is -2.16. The molecule has 0 aromatic heterocycles. The van der Waals surface area contributed by atoms with Crippen molar-refractivity contribution in [1.82, 2.24) is 0 Å². The third-order valence-electron chi connectivity index (χ3n) is 1.91. The Morgan fingerprint density at radius 3 is 3.00 bits per heavy atom. The topological polar surface area (TPSA) is 58.9 Å². The molecule has 0 saturated heterocycles. The van der Waals surface area contributed by atoms with Gasteiger partial charge in [0.1, 0.15) is 5.76 Å². The van der Waals surface area contributed by atoms with E-state index in [9.17, 15) is 4.79 Å². The molecular formula is C10H13NO3. The number of allylic oxidation sites excluding steroid dienone is 3. The first-order chi connectivity index (χ1) is 6.65. The van der Waals surface area contributed by atoms with Crippen LogP contribution in [0.15, 0.2) is 28.5 Å². The molecule has 76 valence electrons. The van der Waals surface area contributed by atoms with Gasteiger partial charge in [0.15, 0.2) is 6.73 Å². The number of rotatable bonds is 3. The highest BCUT2D eigenvalue weighted by atomic mass is 16.5. The van der Waals surface area contributed by atoms with Crippen LogP contribution in [0.1, 0.15) is 20.3 Å². The second kappa shape index (κ2) is 4.60. The van der Waals surface area contributed by atoms with Gasteiger partial charge in [-0.25, -0.2) is 4.99 Å². The minimum Gasteiger partial charge on any atom is -0.481 e. The summed E-state index contributed by atoms with van der Waals surface area (Å²) in [7, 11) is 0. The maximum absolute atomic E-state index is 10.5. The van der Waals surface area contributed by atoms with Crippen molar-refractivity contribution in [3.05, 3.63) is 23.5 Å². The van der Waals surface area contributed by atoms with Crippen molar-refractivity contribution in [3.8, 4) is 0 Å². The summed E-state index contributed by atoms with van der Waals surface area (Å²) in [6, 6.07) is 0. The molecule has 0 aromatic carbocycles. The third-order valence-corrected chi connectivity index (χ3v) is 1.91. The minimum absolute atomic E-state index is 0.0454. The predicted molar refractivity (Wildman–Crippen MR) is 53.2 cm³/mol. The van der Waals surface area contributed by atoms with E-state index >= 15 is 0 Å². The standard InChI is InChI=1S/C10H13NO3/c1-3-4-9-7(2)8(5-10(12)13)11-6-14-9/h3-4H,5-6H2,1-2H3,(H,12,13)/b4-3-. The highest BCUT2D eigenvalue weighted by molar-refractivity contribution is 6.09. The number of carboxylic acid groups (broad SMARTS) is 1. The molecule has 0 atom stereocenters. The van der Waals surface area contributed by atoms with Crippen LogP contribution in [0.25, 0.3) is 0 Å². The average Bonchev–Trinajstić information content (AvgIpc) is 2.11. The van der Waals surface area contributed by atoms with E-state index in [1.807, 2.05) is 26.0 Å². The van der Waals surface area contributed by atoms with Crippen molar-refractivity contribution in [2.24, 2.45) is 4.99 Å². The first-order valence-electron chi connectivity index (χ1n) is 4.37. The molecule has 0 fully saturated rings. The van der Waals surface area contributed by atoms with Crippen LogP contribution in [0.2, 0.25) is 0 Å². The number of aliphatic carboxylic acids is 1. The van der Waals surface area contributed by atoms with Gasteiger partial charge in [0, 0.05) is 5.57 Å². The highest BCUT2D eigenvalue weighted by Gasteiger charge is 2.15. The molecule has 0 aromatic rings. The molecule has 0 bridgehead atoms. The van der Waals surface area contributed by atoms with Crippen LogP contribution in [0.4, 0.5) is 0 Å².